The van der Waals surface area contributed by atoms with E-state index in [4.69, 9.17) is 9.72 Å². The molecule has 5 aromatic rings. The number of fused-ring (bicyclic) bond motifs is 1. The van der Waals surface area contributed by atoms with Crippen LogP contribution in [0.3, 0.4) is 0 Å². The lowest BCUT2D eigenvalue weighted by atomic mass is 10.1. The third kappa shape index (κ3) is 7.43. The zero-order valence-electron chi connectivity index (χ0n) is 24.2. The number of hydrogen-bond acceptors (Lipinski definition) is 7. The Balaban J connectivity index is 1.26. The highest BCUT2D eigenvalue weighted by atomic mass is 16.5. The summed E-state index contributed by atoms with van der Waals surface area (Å²) < 4.78 is 7.75. The molecule has 0 saturated heterocycles. The molecule has 2 aromatic heterocycles. The molecule has 0 unspecified atom stereocenters. The van der Waals surface area contributed by atoms with Crippen LogP contribution in [-0.4, -0.2) is 58.5 Å². The largest absolute Gasteiger partial charge is 0.493 e. The van der Waals surface area contributed by atoms with Crippen LogP contribution < -0.4 is 20.7 Å². The Bertz CT molecular complexity index is 1780. The number of nitrogens with one attached hydrogen (secondary N) is 3. The van der Waals surface area contributed by atoms with E-state index in [9.17, 15) is 9.59 Å². The standard InChI is InChI=1S/C33H33N7O3/c1-4-43-29-14-7-13-28-27(29)17-20-40(28)30-16-18-34-33(38-30)37-26-12-6-11-25(22-26)36-32(42)23-9-5-10-24(21-23)35-31(41)15-8-19-39(2)3/h5-18,20-22H,4,19H2,1-3H3,(H,35,41)(H,36,42)(H,34,37,38). The summed E-state index contributed by atoms with van der Waals surface area (Å²) in [7, 11) is 3.85. The summed E-state index contributed by atoms with van der Waals surface area (Å²) in [6.45, 7) is 3.21. The van der Waals surface area contributed by atoms with Crippen molar-refractivity contribution in [3.63, 3.8) is 0 Å². The quantitative estimate of drug-likeness (QED) is 0.169. The van der Waals surface area contributed by atoms with Gasteiger partial charge in [-0.1, -0.05) is 24.3 Å². The predicted octanol–water partition coefficient (Wildman–Crippen LogP) is 5.87. The van der Waals surface area contributed by atoms with Crippen molar-refractivity contribution in [1.29, 1.82) is 0 Å². The van der Waals surface area contributed by atoms with Crippen LogP contribution >= 0.6 is 0 Å². The zero-order valence-corrected chi connectivity index (χ0v) is 24.2. The van der Waals surface area contributed by atoms with Crippen molar-refractivity contribution in [3.05, 3.63) is 109 Å². The topological polar surface area (TPSA) is 113 Å². The average Bonchev–Trinajstić information content (AvgIpc) is 3.43. The number of carbonyl (C=O) groups excluding carboxylic acids is 2. The lowest BCUT2D eigenvalue weighted by Crippen LogP contribution is -2.14. The predicted molar refractivity (Wildman–Crippen MR) is 170 cm³/mol. The summed E-state index contributed by atoms with van der Waals surface area (Å²) in [5.41, 5.74) is 3.22. The fourth-order valence-corrected chi connectivity index (χ4v) is 4.46. The van der Waals surface area contributed by atoms with Crippen LogP contribution in [0.4, 0.5) is 23.0 Å². The van der Waals surface area contributed by atoms with E-state index in [1.54, 1.807) is 48.7 Å². The maximum absolute atomic E-state index is 13.0. The van der Waals surface area contributed by atoms with Crippen LogP contribution in [0.2, 0.25) is 0 Å². The monoisotopic (exact) mass is 575 g/mol. The summed E-state index contributed by atoms with van der Waals surface area (Å²) in [5.74, 6) is 1.37. The number of anilines is 4. The number of likely N-dealkylation sites (N-methyl/N-ethyl adjacent to an activating group) is 1. The number of ether oxygens (including phenoxy) is 1. The molecule has 0 radical (unpaired) electrons. The van der Waals surface area contributed by atoms with Gasteiger partial charge in [-0.2, -0.15) is 4.98 Å². The van der Waals surface area contributed by atoms with Gasteiger partial charge < -0.3 is 30.2 Å². The van der Waals surface area contributed by atoms with E-state index in [1.807, 2.05) is 79.1 Å². The zero-order chi connectivity index (χ0) is 30.2. The first-order valence-corrected chi connectivity index (χ1v) is 13.9. The van der Waals surface area contributed by atoms with E-state index >= 15 is 0 Å². The summed E-state index contributed by atoms with van der Waals surface area (Å²) in [6.07, 6.45) is 6.90. The maximum Gasteiger partial charge on any atom is 0.255 e. The molecule has 3 aromatic carbocycles. The molecule has 0 saturated carbocycles. The van der Waals surface area contributed by atoms with Crippen molar-refractivity contribution in [2.75, 3.05) is 43.2 Å². The van der Waals surface area contributed by atoms with Crippen LogP contribution in [-0.2, 0) is 4.79 Å². The molecule has 0 atom stereocenters. The van der Waals surface area contributed by atoms with Gasteiger partial charge in [0.1, 0.15) is 11.6 Å². The number of rotatable bonds is 11. The second-order valence-electron chi connectivity index (χ2n) is 9.94. The average molecular weight is 576 g/mol. The highest BCUT2D eigenvalue weighted by Gasteiger charge is 2.11. The first-order chi connectivity index (χ1) is 20.9. The van der Waals surface area contributed by atoms with Gasteiger partial charge in [-0.3, -0.25) is 9.59 Å². The fourth-order valence-electron chi connectivity index (χ4n) is 4.46. The molecule has 0 fully saturated rings. The molecule has 3 N–H and O–H groups in total. The Hall–Kier alpha value is -5.48. The van der Waals surface area contributed by atoms with Gasteiger partial charge in [0.15, 0.2) is 0 Å². The Kier molecular flexibility index (Phi) is 9.08. The second kappa shape index (κ2) is 13.5. The van der Waals surface area contributed by atoms with Crippen molar-refractivity contribution in [1.82, 2.24) is 19.4 Å². The van der Waals surface area contributed by atoms with Crippen LogP contribution in [0, 0.1) is 0 Å². The molecule has 0 aliphatic rings. The van der Waals surface area contributed by atoms with Crippen LogP contribution in [0.1, 0.15) is 17.3 Å². The van der Waals surface area contributed by atoms with Gasteiger partial charge in [0.25, 0.3) is 5.91 Å². The van der Waals surface area contributed by atoms with E-state index in [0.717, 1.165) is 16.7 Å². The van der Waals surface area contributed by atoms with Gasteiger partial charge in [-0.15, -0.1) is 0 Å². The molecule has 0 aliphatic heterocycles. The molecule has 10 nitrogen and oxygen atoms in total. The number of amides is 2. The van der Waals surface area contributed by atoms with Crippen LogP contribution in [0.5, 0.6) is 5.75 Å². The third-order valence-electron chi connectivity index (χ3n) is 6.39. The summed E-state index contributed by atoms with van der Waals surface area (Å²) in [6, 6.07) is 23.9. The fraction of sp³-hybridized carbons (Fsp3) is 0.152. The van der Waals surface area contributed by atoms with Gasteiger partial charge in [-0.05, 0) is 81.7 Å². The number of hydrogen-bond donors (Lipinski definition) is 3. The van der Waals surface area contributed by atoms with Crippen molar-refractivity contribution < 1.29 is 14.3 Å². The summed E-state index contributed by atoms with van der Waals surface area (Å²) >= 11 is 0. The summed E-state index contributed by atoms with van der Waals surface area (Å²) in [4.78, 5) is 36.3. The van der Waals surface area contributed by atoms with Gasteiger partial charge in [0.2, 0.25) is 11.9 Å². The van der Waals surface area contributed by atoms with E-state index in [1.165, 1.54) is 6.08 Å². The Morgan fingerprint density at radius 2 is 1.70 bits per heavy atom. The highest BCUT2D eigenvalue weighted by Crippen LogP contribution is 2.28. The van der Waals surface area contributed by atoms with Crippen molar-refractivity contribution in [3.8, 4) is 11.6 Å². The van der Waals surface area contributed by atoms with E-state index in [-0.39, 0.29) is 11.8 Å². The molecule has 2 amide bonds. The van der Waals surface area contributed by atoms with Crippen molar-refractivity contribution >= 4 is 45.7 Å². The first kappa shape index (κ1) is 29.0. The third-order valence-corrected chi connectivity index (χ3v) is 6.39. The molecule has 2 heterocycles. The minimum atomic E-state index is -0.305. The highest BCUT2D eigenvalue weighted by molar-refractivity contribution is 6.06. The van der Waals surface area contributed by atoms with Crippen LogP contribution in [0.25, 0.3) is 16.7 Å². The number of nitrogens with zero attached hydrogens (tertiary/aromatic N) is 4. The van der Waals surface area contributed by atoms with Gasteiger partial charge in [0, 0.05) is 53.0 Å². The SMILES string of the molecule is CCOc1cccc2c1ccn2-c1ccnc(Nc2cccc(NC(=O)c3cccc(NC(=O)C=CCN(C)C)c3)c2)n1. The smallest absolute Gasteiger partial charge is 0.255 e. The van der Waals surface area contributed by atoms with Crippen molar-refractivity contribution in [2.24, 2.45) is 0 Å². The number of aromatic nitrogens is 3. The normalized spacial score (nSPS) is 11.2. The molecule has 0 spiro atoms. The molecule has 218 valence electrons. The first-order valence-electron chi connectivity index (χ1n) is 13.9. The summed E-state index contributed by atoms with van der Waals surface area (Å²) in [5, 5.41) is 9.93. The Morgan fingerprint density at radius 1 is 0.930 bits per heavy atom. The molecule has 43 heavy (non-hydrogen) atoms. The number of benzene rings is 3. The second-order valence-corrected chi connectivity index (χ2v) is 9.94. The molecule has 0 aliphatic carbocycles. The van der Waals surface area contributed by atoms with E-state index < -0.39 is 0 Å². The molecule has 10 heteroatoms. The van der Waals surface area contributed by atoms with Gasteiger partial charge in [0.05, 0.1) is 12.1 Å². The lowest BCUT2D eigenvalue weighted by Gasteiger charge is -2.11. The Labute approximate surface area is 250 Å². The molecule has 5 rings (SSSR count). The van der Waals surface area contributed by atoms with E-state index in [2.05, 4.69) is 20.9 Å². The minimum Gasteiger partial charge on any atom is -0.493 e. The maximum atomic E-state index is 13.0. The van der Waals surface area contributed by atoms with Gasteiger partial charge >= 0.3 is 0 Å². The van der Waals surface area contributed by atoms with Gasteiger partial charge in [-0.25, -0.2) is 4.98 Å². The number of carbonyl (C=O) groups is 2. The minimum absolute atomic E-state index is 0.260. The molecular weight excluding hydrogens is 542 g/mol. The molecule has 0 bridgehead atoms. The Morgan fingerprint density at radius 3 is 2.51 bits per heavy atom. The lowest BCUT2D eigenvalue weighted by molar-refractivity contribution is -0.111. The van der Waals surface area contributed by atoms with Crippen LogP contribution in [0.15, 0.2) is 103 Å². The molecular formula is C33H33N7O3. The van der Waals surface area contributed by atoms with Crippen molar-refractivity contribution in [2.45, 2.75) is 6.92 Å². The van der Waals surface area contributed by atoms with E-state index in [0.29, 0.717) is 47.5 Å².